The number of benzene rings is 1. The number of morpholine rings is 1. The number of fused-ring (bicyclic) bond motifs is 1. The van der Waals surface area contributed by atoms with Gasteiger partial charge in [-0.05, 0) is 17.7 Å². The van der Waals surface area contributed by atoms with E-state index in [-0.39, 0.29) is 23.6 Å². The summed E-state index contributed by atoms with van der Waals surface area (Å²) in [6.45, 7) is 2.02. The van der Waals surface area contributed by atoms with E-state index in [0.29, 0.717) is 32.0 Å². The van der Waals surface area contributed by atoms with Crippen LogP contribution in [0.5, 0.6) is 0 Å². The van der Waals surface area contributed by atoms with Crippen LogP contribution in [0.4, 0.5) is 18.9 Å². The quantitative estimate of drug-likeness (QED) is 0.796. The van der Waals surface area contributed by atoms with Gasteiger partial charge in [0.05, 0.1) is 18.8 Å². The van der Waals surface area contributed by atoms with Gasteiger partial charge in [0.1, 0.15) is 0 Å². The van der Waals surface area contributed by atoms with E-state index in [9.17, 15) is 18.0 Å². The Balaban J connectivity index is 2.10. The van der Waals surface area contributed by atoms with Crippen LogP contribution in [0, 0.1) is 0 Å². The summed E-state index contributed by atoms with van der Waals surface area (Å²) >= 11 is 0. The summed E-state index contributed by atoms with van der Waals surface area (Å²) in [5.74, 6) is -0.356. The number of alkyl halides is 3. The molecule has 0 unspecified atom stereocenters. The molecule has 7 heteroatoms. The Bertz CT molecular complexity index is 580. The van der Waals surface area contributed by atoms with Crippen LogP contribution in [-0.4, -0.2) is 44.2 Å². The van der Waals surface area contributed by atoms with Gasteiger partial charge in [-0.2, -0.15) is 13.2 Å². The van der Waals surface area contributed by atoms with Crippen molar-refractivity contribution >= 4 is 11.6 Å². The van der Waals surface area contributed by atoms with Crippen molar-refractivity contribution in [3.8, 4) is 0 Å². The molecule has 0 N–H and O–H groups in total. The zero-order chi connectivity index (χ0) is 15.2. The molecule has 2 aliphatic heterocycles. The summed E-state index contributed by atoms with van der Waals surface area (Å²) in [6, 6.07) is 2.72. The average Bonchev–Trinajstić information content (AvgIpc) is 2.73. The number of halogens is 3. The summed E-state index contributed by atoms with van der Waals surface area (Å²) < 4.78 is 45.0. The first-order chi connectivity index (χ1) is 9.88. The van der Waals surface area contributed by atoms with Crippen LogP contribution in [0.25, 0.3) is 0 Å². The molecule has 0 aliphatic carbocycles. The summed E-state index contributed by atoms with van der Waals surface area (Å²) in [5.41, 5.74) is -0.0342. The molecule has 114 valence electrons. The van der Waals surface area contributed by atoms with Gasteiger partial charge in [0.15, 0.2) is 0 Å². The van der Waals surface area contributed by atoms with Crippen molar-refractivity contribution in [2.24, 2.45) is 0 Å². The van der Waals surface area contributed by atoms with Gasteiger partial charge in [-0.3, -0.25) is 4.79 Å². The second-order valence-electron chi connectivity index (χ2n) is 5.28. The van der Waals surface area contributed by atoms with Gasteiger partial charge in [0.25, 0.3) is 5.91 Å². The van der Waals surface area contributed by atoms with Crippen molar-refractivity contribution in [2.45, 2.75) is 12.7 Å². The van der Waals surface area contributed by atoms with Gasteiger partial charge in [-0.1, -0.05) is 0 Å². The predicted octanol–water partition coefficient (Wildman–Crippen LogP) is 2.13. The van der Waals surface area contributed by atoms with Crippen LogP contribution < -0.4 is 4.90 Å². The maximum atomic E-state index is 13.3. The maximum absolute atomic E-state index is 13.3. The number of hydrogen-bond donors (Lipinski definition) is 0. The number of carbonyl (C=O) groups is 1. The lowest BCUT2D eigenvalue weighted by Gasteiger charge is -2.29. The van der Waals surface area contributed by atoms with Gasteiger partial charge < -0.3 is 14.5 Å². The van der Waals surface area contributed by atoms with E-state index >= 15 is 0 Å². The smallest absolute Gasteiger partial charge is 0.378 e. The van der Waals surface area contributed by atoms with Gasteiger partial charge in [-0.25, -0.2) is 0 Å². The molecule has 2 heterocycles. The number of amides is 1. The number of anilines is 1. The molecule has 1 saturated heterocycles. The number of rotatable bonds is 1. The highest BCUT2D eigenvalue weighted by molar-refractivity contribution is 5.99. The third-order valence-electron chi connectivity index (χ3n) is 3.89. The Morgan fingerprint density at radius 3 is 2.48 bits per heavy atom. The van der Waals surface area contributed by atoms with Crippen LogP contribution in [0.15, 0.2) is 12.1 Å². The molecule has 0 saturated carbocycles. The molecule has 0 bridgehead atoms. The van der Waals surface area contributed by atoms with Crippen molar-refractivity contribution < 1.29 is 22.7 Å². The lowest BCUT2D eigenvalue weighted by molar-refractivity contribution is -0.138. The molecular weight excluding hydrogens is 285 g/mol. The van der Waals surface area contributed by atoms with Crippen molar-refractivity contribution in [3.05, 3.63) is 28.8 Å². The summed E-state index contributed by atoms with van der Waals surface area (Å²) in [6.07, 6.45) is -4.46. The normalized spacial score (nSPS) is 19.1. The van der Waals surface area contributed by atoms with E-state index in [0.717, 1.165) is 6.07 Å². The molecule has 1 fully saturated rings. The number of nitrogens with zero attached hydrogens (tertiary/aromatic N) is 2. The molecule has 1 aromatic carbocycles. The maximum Gasteiger partial charge on any atom is 0.416 e. The predicted molar refractivity (Wildman–Crippen MR) is 70.3 cm³/mol. The molecule has 0 spiro atoms. The third-order valence-corrected chi connectivity index (χ3v) is 3.89. The zero-order valence-corrected chi connectivity index (χ0v) is 11.5. The van der Waals surface area contributed by atoms with Crippen LogP contribution in [0.3, 0.4) is 0 Å². The lowest BCUT2D eigenvalue weighted by atomic mass is 10.0. The van der Waals surface area contributed by atoms with E-state index in [1.54, 1.807) is 6.07 Å². The largest absolute Gasteiger partial charge is 0.416 e. The van der Waals surface area contributed by atoms with Crippen LogP contribution in [0.2, 0.25) is 0 Å². The highest BCUT2D eigenvalue weighted by Crippen LogP contribution is 2.39. The first-order valence-corrected chi connectivity index (χ1v) is 6.70. The van der Waals surface area contributed by atoms with Crippen molar-refractivity contribution in [1.29, 1.82) is 0 Å². The van der Waals surface area contributed by atoms with E-state index in [1.165, 1.54) is 11.9 Å². The van der Waals surface area contributed by atoms with Crippen molar-refractivity contribution in [3.63, 3.8) is 0 Å². The minimum Gasteiger partial charge on any atom is -0.378 e. The van der Waals surface area contributed by atoms with E-state index in [2.05, 4.69) is 0 Å². The van der Waals surface area contributed by atoms with E-state index in [1.807, 2.05) is 4.90 Å². The molecule has 3 rings (SSSR count). The fraction of sp³-hybridized carbons (Fsp3) is 0.500. The molecule has 0 atom stereocenters. The third kappa shape index (κ3) is 2.46. The Labute approximate surface area is 120 Å². The molecule has 0 radical (unpaired) electrons. The fourth-order valence-corrected chi connectivity index (χ4v) is 2.79. The monoisotopic (exact) mass is 300 g/mol. The van der Waals surface area contributed by atoms with Crippen molar-refractivity contribution in [2.75, 3.05) is 38.3 Å². The number of carbonyl (C=O) groups excluding carboxylic acids is 1. The van der Waals surface area contributed by atoms with Gasteiger partial charge in [0, 0.05) is 37.9 Å². The van der Waals surface area contributed by atoms with E-state index < -0.39 is 11.7 Å². The SMILES string of the molecule is CN1Cc2c(cc(N3CCOCC3)cc2C(F)(F)F)C1=O. The first-order valence-electron chi connectivity index (χ1n) is 6.70. The Hall–Kier alpha value is -1.76. The highest BCUT2D eigenvalue weighted by atomic mass is 19.4. The molecule has 1 aromatic rings. The van der Waals surface area contributed by atoms with Gasteiger partial charge >= 0.3 is 6.18 Å². The Morgan fingerprint density at radius 2 is 1.86 bits per heavy atom. The van der Waals surface area contributed by atoms with Crippen LogP contribution >= 0.6 is 0 Å². The standard InChI is InChI=1S/C14H15F3N2O2/c1-18-8-11-10(13(18)20)6-9(7-12(11)14(15,16)17)19-2-4-21-5-3-19/h6-7H,2-5,8H2,1H3. The van der Waals surface area contributed by atoms with E-state index in [4.69, 9.17) is 4.74 Å². The summed E-state index contributed by atoms with van der Waals surface area (Å²) in [7, 11) is 1.51. The molecular formula is C14H15F3N2O2. The molecule has 21 heavy (non-hydrogen) atoms. The zero-order valence-electron chi connectivity index (χ0n) is 11.5. The topological polar surface area (TPSA) is 32.8 Å². The fourth-order valence-electron chi connectivity index (χ4n) is 2.79. The van der Waals surface area contributed by atoms with Crippen LogP contribution in [0.1, 0.15) is 21.5 Å². The molecule has 4 nitrogen and oxygen atoms in total. The average molecular weight is 300 g/mol. The van der Waals surface area contributed by atoms with Crippen LogP contribution in [-0.2, 0) is 17.5 Å². The summed E-state index contributed by atoms with van der Waals surface area (Å²) in [5, 5.41) is 0. The molecule has 0 aromatic heterocycles. The minimum atomic E-state index is -4.46. The number of ether oxygens (including phenoxy) is 1. The minimum absolute atomic E-state index is 0.00635. The molecule has 2 aliphatic rings. The molecule has 1 amide bonds. The number of hydrogen-bond acceptors (Lipinski definition) is 3. The first kappa shape index (κ1) is 14.2. The highest BCUT2D eigenvalue weighted by Gasteiger charge is 2.39. The Morgan fingerprint density at radius 1 is 1.19 bits per heavy atom. The lowest BCUT2D eigenvalue weighted by Crippen LogP contribution is -2.36. The summed E-state index contributed by atoms with van der Waals surface area (Å²) in [4.78, 5) is 15.2. The van der Waals surface area contributed by atoms with Crippen molar-refractivity contribution in [1.82, 2.24) is 4.90 Å². The Kier molecular flexibility index (Phi) is 3.32. The second-order valence-corrected chi connectivity index (χ2v) is 5.28. The van der Waals surface area contributed by atoms with Gasteiger partial charge in [-0.15, -0.1) is 0 Å². The van der Waals surface area contributed by atoms with Gasteiger partial charge in [0.2, 0.25) is 0 Å². The second kappa shape index (κ2) is 4.91.